The van der Waals surface area contributed by atoms with Gasteiger partial charge in [0.1, 0.15) is 0 Å². The molecule has 0 aliphatic rings. The lowest BCUT2D eigenvalue weighted by Crippen LogP contribution is -2.47. The van der Waals surface area contributed by atoms with Crippen molar-refractivity contribution in [2.45, 2.75) is 51.7 Å². The molecule has 0 radical (unpaired) electrons. The Bertz CT molecular complexity index is 152. The van der Waals surface area contributed by atoms with Gasteiger partial charge in [-0.15, -0.1) is 0 Å². The molecule has 0 saturated carbocycles. The Labute approximate surface area is 74.9 Å². The lowest BCUT2D eigenvalue weighted by atomic mass is 9.84. The molecule has 0 heterocycles. The van der Waals surface area contributed by atoms with Crippen molar-refractivity contribution in [3.63, 3.8) is 0 Å². The summed E-state index contributed by atoms with van der Waals surface area (Å²) in [6.07, 6.45) is 5.31. The Morgan fingerprint density at radius 3 is 2.00 bits per heavy atom. The molecule has 2 nitrogen and oxygen atoms in total. The molecule has 0 aliphatic heterocycles. The lowest BCUT2D eigenvalue weighted by Gasteiger charge is -2.35. The second-order valence-electron chi connectivity index (χ2n) is 3.94. The normalized spacial score (nSPS) is 18.2. The van der Waals surface area contributed by atoms with Crippen LogP contribution in [0.15, 0.2) is 12.2 Å². The van der Waals surface area contributed by atoms with Gasteiger partial charge in [0.25, 0.3) is 0 Å². The van der Waals surface area contributed by atoms with Crippen LogP contribution in [-0.4, -0.2) is 21.4 Å². The quantitative estimate of drug-likeness (QED) is 0.635. The lowest BCUT2D eigenvalue weighted by molar-refractivity contribution is -0.123. The van der Waals surface area contributed by atoms with Crippen LogP contribution in [0.2, 0.25) is 0 Å². The molecule has 0 aliphatic carbocycles. The number of allylic oxidation sites excluding steroid dienone is 2. The Balaban J connectivity index is 4.05. The third-order valence-electron chi connectivity index (χ3n) is 2.35. The fourth-order valence-electron chi connectivity index (χ4n) is 0.837. The summed E-state index contributed by atoms with van der Waals surface area (Å²) in [6.45, 7) is 6.86. The van der Waals surface area contributed by atoms with Crippen LogP contribution in [0.25, 0.3) is 0 Å². The molecule has 0 bridgehead atoms. The van der Waals surface area contributed by atoms with Crippen molar-refractivity contribution in [2.75, 3.05) is 0 Å². The van der Waals surface area contributed by atoms with E-state index in [1.54, 1.807) is 20.8 Å². The molecule has 0 saturated heterocycles. The minimum atomic E-state index is -1.03. The number of hydrogen-bond acceptors (Lipinski definition) is 2. The predicted molar refractivity (Wildman–Crippen MR) is 51.0 cm³/mol. The Morgan fingerprint density at radius 1 is 1.17 bits per heavy atom. The molecule has 12 heavy (non-hydrogen) atoms. The molecule has 0 amide bonds. The number of aliphatic hydroxyl groups is 2. The summed E-state index contributed by atoms with van der Waals surface area (Å²) in [7, 11) is 0. The molecule has 2 heteroatoms. The zero-order chi connectivity index (χ0) is 9.83. The van der Waals surface area contributed by atoms with E-state index in [0.29, 0.717) is 6.42 Å². The number of hydrogen-bond donors (Lipinski definition) is 2. The minimum Gasteiger partial charge on any atom is -0.387 e. The predicted octanol–water partition coefficient (Wildman–Crippen LogP) is 1.86. The van der Waals surface area contributed by atoms with E-state index in [-0.39, 0.29) is 0 Å². The molecule has 1 atom stereocenters. The molecule has 0 aromatic heterocycles. The highest BCUT2D eigenvalue weighted by molar-refractivity contribution is 4.92. The van der Waals surface area contributed by atoms with Crippen LogP contribution in [0.3, 0.4) is 0 Å². The van der Waals surface area contributed by atoms with Crippen LogP contribution in [0.1, 0.15) is 40.5 Å². The first-order valence-electron chi connectivity index (χ1n) is 4.37. The Kier molecular flexibility index (Phi) is 3.94. The average Bonchev–Trinajstić information content (AvgIpc) is 1.85. The van der Waals surface area contributed by atoms with E-state index < -0.39 is 11.2 Å². The zero-order valence-electron chi connectivity index (χ0n) is 8.46. The van der Waals surface area contributed by atoms with Gasteiger partial charge in [-0.05, 0) is 40.5 Å². The van der Waals surface area contributed by atoms with E-state index in [9.17, 15) is 10.2 Å². The molecule has 72 valence electrons. The van der Waals surface area contributed by atoms with Gasteiger partial charge >= 0.3 is 0 Å². The van der Waals surface area contributed by atoms with E-state index in [1.807, 2.05) is 19.1 Å². The molecule has 0 fully saturated rings. The van der Waals surface area contributed by atoms with Crippen molar-refractivity contribution in [3.8, 4) is 0 Å². The zero-order valence-corrected chi connectivity index (χ0v) is 8.46. The van der Waals surface area contributed by atoms with Crippen molar-refractivity contribution >= 4 is 0 Å². The summed E-state index contributed by atoms with van der Waals surface area (Å²) in [5.74, 6) is 0. The van der Waals surface area contributed by atoms with E-state index in [1.165, 1.54) is 0 Å². The molecule has 0 rings (SSSR count). The molecule has 1 unspecified atom stereocenters. The van der Waals surface area contributed by atoms with Crippen molar-refractivity contribution in [1.29, 1.82) is 0 Å². The highest BCUT2D eigenvalue weighted by Crippen LogP contribution is 2.26. The highest BCUT2D eigenvalue weighted by atomic mass is 16.3. The van der Waals surface area contributed by atoms with Crippen LogP contribution in [0.5, 0.6) is 0 Å². The van der Waals surface area contributed by atoms with Gasteiger partial charge in [-0.3, -0.25) is 0 Å². The van der Waals surface area contributed by atoms with Crippen LogP contribution < -0.4 is 0 Å². The molecular weight excluding hydrogens is 152 g/mol. The summed E-state index contributed by atoms with van der Waals surface area (Å²) in [5.41, 5.74) is -2.04. The molecule has 0 spiro atoms. The maximum absolute atomic E-state index is 9.79. The summed E-state index contributed by atoms with van der Waals surface area (Å²) in [5, 5.41) is 19.4. The van der Waals surface area contributed by atoms with Gasteiger partial charge in [0.05, 0.1) is 11.2 Å². The van der Waals surface area contributed by atoms with Gasteiger partial charge in [-0.1, -0.05) is 12.2 Å². The van der Waals surface area contributed by atoms with Gasteiger partial charge in [0, 0.05) is 0 Å². The maximum Gasteiger partial charge on any atom is 0.0902 e. The van der Waals surface area contributed by atoms with Gasteiger partial charge < -0.3 is 10.2 Å². The van der Waals surface area contributed by atoms with Crippen LogP contribution >= 0.6 is 0 Å². The highest BCUT2D eigenvalue weighted by Gasteiger charge is 2.36. The summed E-state index contributed by atoms with van der Waals surface area (Å²) < 4.78 is 0. The smallest absolute Gasteiger partial charge is 0.0902 e. The van der Waals surface area contributed by atoms with E-state index in [4.69, 9.17) is 0 Å². The minimum absolute atomic E-state index is 0.584. The number of rotatable bonds is 4. The SMILES string of the molecule is CC=CCCC(C)(O)C(C)(C)O. The largest absolute Gasteiger partial charge is 0.387 e. The van der Waals surface area contributed by atoms with Crippen molar-refractivity contribution in [1.82, 2.24) is 0 Å². The first-order valence-corrected chi connectivity index (χ1v) is 4.37. The summed E-state index contributed by atoms with van der Waals surface area (Å²) in [4.78, 5) is 0. The van der Waals surface area contributed by atoms with E-state index >= 15 is 0 Å². The van der Waals surface area contributed by atoms with Crippen molar-refractivity contribution in [2.24, 2.45) is 0 Å². The van der Waals surface area contributed by atoms with Crippen molar-refractivity contribution in [3.05, 3.63) is 12.2 Å². The topological polar surface area (TPSA) is 40.5 Å². The van der Waals surface area contributed by atoms with Gasteiger partial charge in [-0.25, -0.2) is 0 Å². The fourth-order valence-corrected chi connectivity index (χ4v) is 0.837. The standard InChI is InChI=1S/C10H20O2/c1-5-6-7-8-10(4,12)9(2,3)11/h5-6,11-12H,7-8H2,1-4H3. The second kappa shape index (κ2) is 4.06. The molecule has 2 N–H and O–H groups in total. The van der Waals surface area contributed by atoms with Crippen LogP contribution in [-0.2, 0) is 0 Å². The Morgan fingerprint density at radius 2 is 1.67 bits per heavy atom. The van der Waals surface area contributed by atoms with E-state index in [0.717, 1.165) is 6.42 Å². The second-order valence-corrected chi connectivity index (χ2v) is 3.94. The molecule has 0 aromatic carbocycles. The monoisotopic (exact) mass is 172 g/mol. The molecular formula is C10H20O2. The summed E-state index contributed by atoms with van der Waals surface area (Å²) in [6, 6.07) is 0. The summed E-state index contributed by atoms with van der Waals surface area (Å²) >= 11 is 0. The van der Waals surface area contributed by atoms with Crippen molar-refractivity contribution < 1.29 is 10.2 Å². The Hall–Kier alpha value is -0.340. The first-order chi connectivity index (χ1) is 5.31. The van der Waals surface area contributed by atoms with Crippen LogP contribution in [0.4, 0.5) is 0 Å². The van der Waals surface area contributed by atoms with Gasteiger partial charge in [0.15, 0.2) is 0 Å². The van der Waals surface area contributed by atoms with Gasteiger partial charge in [0.2, 0.25) is 0 Å². The van der Waals surface area contributed by atoms with Gasteiger partial charge in [-0.2, -0.15) is 0 Å². The average molecular weight is 172 g/mol. The van der Waals surface area contributed by atoms with E-state index in [2.05, 4.69) is 0 Å². The maximum atomic E-state index is 9.79. The third kappa shape index (κ3) is 3.37. The molecule has 0 aromatic rings. The fraction of sp³-hybridized carbons (Fsp3) is 0.800. The first kappa shape index (κ1) is 11.7. The van der Waals surface area contributed by atoms with Crippen LogP contribution in [0, 0.1) is 0 Å². The third-order valence-corrected chi connectivity index (χ3v) is 2.35.